The summed E-state index contributed by atoms with van der Waals surface area (Å²) >= 11 is 5.44. The lowest BCUT2D eigenvalue weighted by molar-refractivity contribution is 0.585. The molecule has 1 rings (SSSR count). The molecule has 0 unspecified atom stereocenters. The smallest absolute Gasteiger partial charge is 0.201 e. The molecule has 17 heavy (non-hydrogen) atoms. The lowest BCUT2D eigenvalue weighted by Gasteiger charge is -2.04. The Morgan fingerprint density at radius 2 is 2.12 bits per heavy atom. The van der Waals surface area contributed by atoms with Crippen molar-refractivity contribution in [3.63, 3.8) is 0 Å². The molecule has 0 aromatic heterocycles. The first-order valence-electron chi connectivity index (χ1n) is 4.18. The van der Waals surface area contributed by atoms with E-state index < -0.39 is 23.2 Å². The van der Waals surface area contributed by atoms with Crippen molar-refractivity contribution in [2.24, 2.45) is 10.8 Å². The summed E-state index contributed by atoms with van der Waals surface area (Å²) in [7, 11) is 0. The second-order valence-corrected chi connectivity index (χ2v) is 3.25. The van der Waals surface area contributed by atoms with Gasteiger partial charge in [0.25, 0.3) is 0 Å². The van der Waals surface area contributed by atoms with Crippen molar-refractivity contribution in [2.45, 2.75) is 0 Å². The molecule has 0 spiro atoms. The van der Waals surface area contributed by atoms with Crippen LogP contribution < -0.4 is 11.2 Å². The van der Waals surface area contributed by atoms with Gasteiger partial charge in [0, 0.05) is 6.07 Å². The van der Waals surface area contributed by atoms with E-state index in [2.05, 4.69) is 10.5 Å². The largest absolute Gasteiger partial charge is 0.382 e. The Hall–Kier alpha value is -2.20. The van der Waals surface area contributed by atoms with Crippen molar-refractivity contribution < 1.29 is 8.78 Å². The van der Waals surface area contributed by atoms with Gasteiger partial charge in [-0.3, -0.25) is 10.8 Å². The fraction of sp³-hybridized carbons (Fsp3) is 0. The molecule has 0 atom stereocenters. The zero-order valence-electron chi connectivity index (χ0n) is 8.26. The Morgan fingerprint density at radius 1 is 1.47 bits per heavy atom. The highest BCUT2D eigenvalue weighted by atomic mass is 35.5. The van der Waals surface area contributed by atoms with E-state index in [1.54, 1.807) is 0 Å². The molecule has 4 N–H and O–H groups in total. The number of halogens is 3. The van der Waals surface area contributed by atoms with Gasteiger partial charge >= 0.3 is 0 Å². The van der Waals surface area contributed by atoms with Gasteiger partial charge in [-0.1, -0.05) is 11.6 Å². The van der Waals surface area contributed by atoms with Crippen molar-refractivity contribution in [3.8, 4) is 6.07 Å². The van der Waals surface area contributed by atoms with Crippen LogP contribution in [0.2, 0.25) is 5.02 Å². The van der Waals surface area contributed by atoms with Crippen molar-refractivity contribution >= 4 is 28.8 Å². The first kappa shape index (κ1) is 12.9. The number of amidine groups is 1. The van der Waals surface area contributed by atoms with Gasteiger partial charge in [0.2, 0.25) is 5.71 Å². The number of rotatable bonds is 3. The summed E-state index contributed by atoms with van der Waals surface area (Å²) in [6.07, 6.45) is 0. The van der Waals surface area contributed by atoms with Gasteiger partial charge in [-0.15, -0.1) is 0 Å². The lowest BCUT2D eigenvalue weighted by Crippen LogP contribution is -2.22. The van der Waals surface area contributed by atoms with Crippen LogP contribution in [-0.2, 0) is 0 Å². The molecule has 0 radical (unpaired) electrons. The van der Waals surface area contributed by atoms with Crippen LogP contribution in [0.5, 0.6) is 0 Å². The predicted molar refractivity (Wildman–Crippen MR) is 60.0 cm³/mol. The minimum absolute atomic E-state index is 0.231. The highest BCUT2D eigenvalue weighted by Crippen LogP contribution is 2.23. The summed E-state index contributed by atoms with van der Waals surface area (Å²) in [6.45, 7) is 0. The molecule has 1 aromatic rings. The number of nitrogens with one attached hydrogen (secondary N) is 2. The lowest BCUT2D eigenvalue weighted by atomic mass is 10.3. The standard InChI is InChI=1S/C9H6ClF2N5/c10-4-1-7(6(12)2-5(4)11)16-17-8(3-13)9(14)15/h1-2,16H,(H3,14,15)/b17-8+. The molecule has 5 nitrogen and oxygen atoms in total. The summed E-state index contributed by atoms with van der Waals surface area (Å²) in [5.41, 5.74) is 6.49. The Morgan fingerprint density at radius 3 is 2.65 bits per heavy atom. The molecule has 1 aromatic carbocycles. The number of anilines is 1. The van der Waals surface area contributed by atoms with E-state index in [0.717, 1.165) is 6.07 Å². The van der Waals surface area contributed by atoms with Crippen LogP contribution in [0.15, 0.2) is 17.2 Å². The average molecular weight is 258 g/mol. The van der Waals surface area contributed by atoms with E-state index in [1.807, 2.05) is 0 Å². The topological polar surface area (TPSA) is 98.0 Å². The second kappa shape index (κ2) is 5.23. The third kappa shape index (κ3) is 3.12. The van der Waals surface area contributed by atoms with Gasteiger partial charge < -0.3 is 5.73 Å². The van der Waals surface area contributed by atoms with Crippen molar-refractivity contribution in [3.05, 3.63) is 28.8 Å². The zero-order chi connectivity index (χ0) is 13.0. The van der Waals surface area contributed by atoms with Gasteiger partial charge in [0.15, 0.2) is 11.7 Å². The molecule has 0 fully saturated rings. The summed E-state index contributed by atoms with van der Waals surface area (Å²) < 4.78 is 26.0. The highest BCUT2D eigenvalue weighted by Gasteiger charge is 2.08. The summed E-state index contributed by atoms with van der Waals surface area (Å²) in [6, 6.07) is 3.06. The molecule has 0 saturated carbocycles. The van der Waals surface area contributed by atoms with Crippen LogP contribution >= 0.6 is 11.6 Å². The normalized spacial score (nSPS) is 10.8. The Labute approximate surface area is 100.0 Å². The first-order chi connectivity index (χ1) is 7.95. The maximum Gasteiger partial charge on any atom is 0.201 e. The Kier molecular flexibility index (Phi) is 3.96. The van der Waals surface area contributed by atoms with Crippen LogP contribution in [0.1, 0.15) is 0 Å². The van der Waals surface area contributed by atoms with Gasteiger partial charge in [0.1, 0.15) is 11.9 Å². The minimum atomic E-state index is -0.934. The van der Waals surface area contributed by atoms with Gasteiger partial charge in [0.05, 0.1) is 10.7 Å². The maximum absolute atomic E-state index is 13.2. The Bertz CT molecular complexity index is 535. The molecule has 0 heterocycles. The molecule has 0 aliphatic carbocycles. The summed E-state index contributed by atoms with van der Waals surface area (Å²) in [5.74, 6) is -2.42. The van der Waals surface area contributed by atoms with Crippen LogP contribution in [-0.4, -0.2) is 11.5 Å². The van der Waals surface area contributed by atoms with Crippen LogP contribution in [0.3, 0.4) is 0 Å². The second-order valence-electron chi connectivity index (χ2n) is 2.84. The molecule has 0 aliphatic heterocycles. The van der Waals surface area contributed by atoms with Crippen molar-refractivity contribution in [2.75, 3.05) is 5.43 Å². The monoisotopic (exact) mass is 257 g/mol. The number of nitrogens with zero attached hydrogens (tertiary/aromatic N) is 2. The minimum Gasteiger partial charge on any atom is -0.382 e. The molecule has 88 valence electrons. The van der Waals surface area contributed by atoms with E-state index in [9.17, 15) is 8.78 Å². The highest BCUT2D eigenvalue weighted by molar-refractivity contribution is 6.45. The fourth-order valence-corrected chi connectivity index (χ4v) is 1.03. The number of hydrogen-bond donors (Lipinski definition) is 3. The molecule has 8 heteroatoms. The molecular formula is C9H6ClF2N5. The van der Waals surface area contributed by atoms with Crippen molar-refractivity contribution in [1.82, 2.24) is 0 Å². The fourth-order valence-electron chi connectivity index (χ4n) is 0.870. The van der Waals surface area contributed by atoms with E-state index in [-0.39, 0.29) is 10.7 Å². The van der Waals surface area contributed by atoms with Gasteiger partial charge in [-0.05, 0) is 6.07 Å². The van der Waals surface area contributed by atoms with E-state index in [4.69, 9.17) is 28.0 Å². The third-order valence-corrected chi connectivity index (χ3v) is 1.95. The molecule has 0 amide bonds. The van der Waals surface area contributed by atoms with E-state index in [1.165, 1.54) is 6.07 Å². The number of benzene rings is 1. The summed E-state index contributed by atoms with van der Waals surface area (Å²) in [4.78, 5) is 0. The van der Waals surface area contributed by atoms with E-state index >= 15 is 0 Å². The number of hydrazone groups is 1. The molecular weight excluding hydrogens is 252 g/mol. The van der Waals surface area contributed by atoms with Crippen LogP contribution in [0.4, 0.5) is 14.5 Å². The van der Waals surface area contributed by atoms with Gasteiger partial charge in [-0.25, -0.2) is 8.78 Å². The van der Waals surface area contributed by atoms with Crippen LogP contribution in [0, 0.1) is 28.4 Å². The average Bonchev–Trinajstić information content (AvgIpc) is 2.25. The van der Waals surface area contributed by atoms with E-state index in [0.29, 0.717) is 6.07 Å². The quantitative estimate of drug-likeness (QED) is 0.333. The predicted octanol–water partition coefficient (Wildman–Crippen LogP) is 1.85. The molecule has 0 aliphatic rings. The Balaban J connectivity index is 3.01. The third-order valence-electron chi connectivity index (χ3n) is 1.66. The zero-order valence-corrected chi connectivity index (χ0v) is 9.02. The number of nitriles is 1. The summed E-state index contributed by atoms with van der Waals surface area (Å²) in [5, 5.41) is 18.6. The van der Waals surface area contributed by atoms with Crippen LogP contribution in [0.25, 0.3) is 0 Å². The molecule has 0 saturated heterocycles. The molecule has 0 bridgehead atoms. The number of hydrogen-bond acceptors (Lipinski definition) is 4. The SMILES string of the molecule is N#C/C(=N\Nc1cc(Cl)c(F)cc1F)C(=N)N. The number of nitrogens with two attached hydrogens (primary N) is 1. The maximum atomic E-state index is 13.2. The van der Waals surface area contributed by atoms with Crippen molar-refractivity contribution in [1.29, 1.82) is 10.7 Å². The first-order valence-corrected chi connectivity index (χ1v) is 4.56. The van der Waals surface area contributed by atoms with Gasteiger partial charge in [-0.2, -0.15) is 10.4 Å².